The third-order valence-corrected chi connectivity index (χ3v) is 1.74. The molecule has 0 aromatic rings. The summed E-state index contributed by atoms with van der Waals surface area (Å²) in [5.41, 5.74) is 0. The molecule has 0 aliphatic heterocycles. The highest BCUT2D eigenvalue weighted by atomic mass is 35.5. The van der Waals surface area contributed by atoms with Gasteiger partial charge in [-0.2, -0.15) is 0 Å². The van der Waals surface area contributed by atoms with E-state index in [1.165, 1.54) is 0 Å². The van der Waals surface area contributed by atoms with E-state index in [9.17, 15) is 4.79 Å². The molecule has 1 N–H and O–H groups in total. The first kappa shape index (κ1) is 9.05. The van der Waals surface area contributed by atoms with Crippen LogP contribution in [0.3, 0.4) is 0 Å². The van der Waals surface area contributed by atoms with Crippen LogP contribution in [0.15, 0.2) is 0 Å². The molecular formula is C5H8Cl2O2. The molecule has 0 bridgehead atoms. The minimum atomic E-state index is -0.828. The molecule has 0 radical (unpaired) electrons. The number of hydrogen-bond donors (Lipinski definition) is 1. The summed E-state index contributed by atoms with van der Waals surface area (Å²) >= 11 is 10.8. The van der Waals surface area contributed by atoms with Crippen molar-refractivity contribution in [3.05, 3.63) is 0 Å². The molecule has 0 unspecified atom stereocenters. The molecule has 0 amide bonds. The van der Waals surface area contributed by atoms with Gasteiger partial charge in [-0.15, -0.1) is 23.2 Å². The first-order valence-corrected chi connectivity index (χ1v) is 3.55. The molecule has 0 spiro atoms. The van der Waals surface area contributed by atoms with Gasteiger partial charge in [0.1, 0.15) is 0 Å². The Labute approximate surface area is 63.8 Å². The number of alkyl halides is 2. The van der Waals surface area contributed by atoms with Gasteiger partial charge >= 0.3 is 5.97 Å². The standard InChI is InChI=1S/C5H8Cl2O2/c6-3-4(7)1-2-5(8)9/h4H,1-3H2,(H,8,9)/t4-/m0/s1. The van der Waals surface area contributed by atoms with E-state index < -0.39 is 5.97 Å². The smallest absolute Gasteiger partial charge is 0.303 e. The molecule has 0 aromatic heterocycles. The number of carboxylic acid groups (broad SMARTS) is 1. The lowest BCUT2D eigenvalue weighted by Crippen LogP contribution is -2.04. The monoisotopic (exact) mass is 170 g/mol. The minimum absolute atomic E-state index is 0.0981. The van der Waals surface area contributed by atoms with Crippen LogP contribution in [0, 0.1) is 0 Å². The van der Waals surface area contributed by atoms with E-state index in [1.807, 2.05) is 0 Å². The second kappa shape index (κ2) is 4.89. The summed E-state index contributed by atoms with van der Waals surface area (Å²) < 4.78 is 0. The Morgan fingerprint density at radius 1 is 1.67 bits per heavy atom. The quantitative estimate of drug-likeness (QED) is 0.653. The number of aliphatic carboxylic acids is 1. The van der Waals surface area contributed by atoms with Crippen LogP contribution in [0.1, 0.15) is 12.8 Å². The summed E-state index contributed by atoms with van der Waals surface area (Å²) in [5, 5.41) is 7.95. The Hall–Kier alpha value is 0.0500. The summed E-state index contributed by atoms with van der Waals surface area (Å²) in [7, 11) is 0. The molecule has 0 saturated heterocycles. The maximum Gasteiger partial charge on any atom is 0.303 e. The number of carbonyl (C=O) groups is 1. The second-order valence-electron chi connectivity index (χ2n) is 1.68. The lowest BCUT2D eigenvalue weighted by Gasteiger charge is -1.99. The van der Waals surface area contributed by atoms with E-state index >= 15 is 0 Å². The van der Waals surface area contributed by atoms with E-state index in [1.54, 1.807) is 0 Å². The molecule has 54 valence electrons. The van der Waals surface area contributed by atoms with Crippen LogP contribution in [0.25, 0.3) is 0 Å². The molecule has 0 rings (SSSR count). The van der Waals surface area contributed by atoms with Gasteiger partial charge in [0.15, 0.2) is 0 Å². The van der Waals surface area contributed by atoms with Gasteiger partial charge in [0.2, 0.25) is 0 Å². The highest BCUT2D eigenvalue weighted by Crippen LogP contribution is 2.06. The second-order valence-corrected chi connectivity index (χ2v) is 2.61. The highest BCUT2D eigenvalue weighted by Gasteiger charge is 2.04. The average molecular weight is 171 g/mol. The lowest BCUT2D eigenvalue weighted by atomic mass is 10.2. The molecule has 2 nitrogen and oxygen atoms in total. The Balaban J connectivity index is 3.16. The van der Waals surface area contributed by atoms with Crippen molar-refractivity contribution in [2.24, 2.45) is 0 Å². The number of halogens is 2. The summed E-state index contributed by atoms with van der Waals surface area (Å²) in [6.45, 7) is 0. The third-order valence-electron chi connectivity index (χ3n) is 0.839. The fourth-order valence-electron chi connectivity index (χ4n) is 0.357. The molecule has 0 fully saturated rings. The van der Waals surface area contributed by atoms with Gasteiger partial charge in [0.25, 0.3) is 0 Å². The topological polar surface area (TPSA) is 37.3 Å². The van der Waals surface area contributed by atoms with Crippen molar-refractivity contribution < 1.29 is 9.90 Å². The van der Waals surface area contributed by atoms with Gasteiger partial charge < -0.3 is 5.11 Å². The Kier molecular flexibility index (Phi) is 4.91. The lowest BCUT2D eigenvalue weighted by molar-refractivity contribution is -0.137. The summed E-state index contributed by atoms with van der Waals surface area (Å²) in [6, 6.07) is 0. The SMILES string of the molecule is O=C(O)CC[C@H](Cl)CCl. The molecule has 1 atom stereocenters. The zero-order chi connectivity index (χ0) is 7.28. The maximum absolute atomic E-state index is 9.92. The van der Waals surface area contributed by atoms with Crippen molar-refractivity contribution >= 4 is 29.2 Å². The average Bonchev–Trinajstić information content (AvgIpc) is 1.83. The van der Waals surface area contributed by atoms with Crippen molar-refractivity contribution in [1.82, 2.24) is 0 Å². The van der Waals surface area contributed by atoms with E-state index in [0.717, 1.165) is 0 Å². The van der Waals surface area contributed by atoms with Crippen LogP contribution in [0.5, 0.6) is 0 Å². The summed E-state index contributed by atoms with van der Waals surface area (Å²) in [6.07, 6.45) is 0.543. The number of rotatable bonds is 4. The van der Waals surface area contributed by atoms with Crippen LogP contribution < -0.4 is 0 Å². The normalized spacial score (nSPS) is 13.1. The van der Waals surface area contributed by atoms with Gasteiger partial charge in [-0.3, -0.25) is 4.79 Å². The van der Waals surface area contributed by atoms with Gasteiger partial charge in [0, 0.05) is 17.7 Å². The first-order chi connectivity index (χ1) is 4.16. The van der Waals surface area contributed by atoms with Crippen molar-refractivity contribution in [1.29, 1.82) is 0 Å². The van der Waals surface area contributed by atoms with E-state index in [-0.39, 0.29) is 11.8 Å². The van der Waals surface area contributed by atoms with Crippen molar-refractivity contribution in [3.8, 4) is 0 Å². The van der Waals surface area contributed by atoms with Crippen molar-refractivity contribution in [3.63, 3.8) is 0 Å². The zero-order valence-electron chi connectivity index (χ0n) is 4.81. The predicted molar refractivity (Wildman–Crippen MR) is 37.2 cm³/mol. The summed E-state index contributed by atoms with van der Waals surface area (Å²) in [5.74, 6) is -0.514. The maximum atomic E-state index is 9.92. The van der Waals surface area contributed by atoms with Gasteiger partial charge in [0.05, 0.1) is 0 Å². The highest BCUT2D eigenvalue weighted by molar-refractivity contribution is 6.28. The Morgan fingerprint density at radius 3 is 2.56 bits per heavy atom. The van der Waals surface area contributed by atoms with E-state index in [2.05, 4.69) is 0 Å². The van der Waals surface area contributed by atoms with Gasteiger partial charge in [-0.1, -0.05) is 0 Å². The molecule has 0 aliphatic rings. The van der Waals surface area contributed by atoms with Crippen molar-refractivity contribution in [2.45, 2.75) is 18.2 Å². The Morgan fingerprint density at radius 2 is 2.22 bits per heavy atom. The predicted octanol–water partition coefficient (Wildman–Crippen LogP) is 1.70. The molecule has 0 aliphatic carbocycles. The fraction of sp³-hybridized carbons (Fsp3) is 0.800. The summed E-state index contributed by atoms with van der Waals surface area (Å²) in [4.78, 5) is 9.92. The molecule has 0 saturated carbocycles. The number of hydrogen-bond acceptors (Lipinski definition) is 1. The zero-order valence-corrected chi connectivity index (χ0v) is 6.32. The molecule has 9 heavy (non-hydrogen) atoms. The fourth-order valence-corrected chi connectivity index (χ4v) is 0.621. The van der Waals surface area contributed by atoms with Gasteiger partial charge in [-0.05, 0) is 6.42 Å². The van der Waals surface area contributed by atoms with E-state index in [4.69, 9.17) is 28.3 Å². The first-order valence-electron chi connectivity index (χ1n) is 2.58. The minimum Gasteiger partial charge on any atom is -0.481 e. The van der Waals surface area contributed by atoms with Crippen LogP contribution >= 0.6 is 23.2 Å². The Bertz CT molecular complexity index is 95.0. The van der Waals surface area contributed by atoms with Gasteiger partial charge in [-0.25, -0.2) is 0 Å². The van der Waals surface area contributed by atoms with E-state index in [0.29, 0.717) is 12.3 Å². The largest absolute Gasteiger partial charge is 0.481 e. The molecule has 0 heterocycles. The number of carboxylic acids is 1. The van der Waals surface area contributed by atoms with Crippen LogP contribution in [-0.4, -0.2) is 22.3 Å². The third kappa shape index (κ3) is 5.93. The van der Waals surface area contributed by atoms with Crippen LogP contribution in [0.2, 0.25) is 0 Å². The molecular weight excluding hydrogens is 163 g/mol. The van der Waals surface area contributed by atoms with Crippen LogP contribution in [-0.2, 0) is 4.79 Å². The molecule has 0 aromatic carbocycles. The molecule has 4 heteroatoms. The van der Waals surface area contributed by atoms with Crippen molar-refractivity contribution in [2.75, 3.05) is 5.88 Å². The van der Waals surface area contributed by atoms with Crippen LogP contribution in [0.4, 0.5) is 0 Å².